The Hall–Kier alpha value is -3.69. The molecule has 131 heavy (non-hydrogen) atoms. The van der Waals surface area contributed by atoms with Crippen LogP contribution in [0.5, 0.6) is 0 Å². The second-order valence-electron chi connectivity index (χ2n) is 48.7. The van der Waals surface area contributed by atoms with Crippen molar-refractivity contribution >= 4 is 56.6 Å². The number of primary sulfonamides is 1. The summed E-state index contributed by atoms with van der Waals surface area (Å²) in [4.78, 5) is 40.6. The molecule has 25 heteroatoms. The van der Waals surface area contributed by atoms with Gasteiger partial charge in [-0.25, -0.2) is 59.2 Å². The predicted octanol–water partition coefficient (Wildman–Crippen LogP) is 19.3. The van der Waals surface area contributed by atoms with Crippen molar-refractivity contribution in [2.75, 3.05) is 19.6 Å². The molecule has 3 aromatic rings. The van der Waals surface area contributed by atoms with E-state index in [9.17, 15) is 65.2 Å². The molecular weight excluding hydrogens is 1930 g/mol. The average Bonchev–Trinajstić information content (AvgIpc) is 1.31. The van der Waals surface area contributed by atoms with Crippen LogP contribution in [0.4, 0.5) is 9.59 Å². The molecular formula is C106H171BN6O14S3U. The van der Waals surface area contributed by atoms with Gasteiger partial charge in [-0.15, -0.1) is 0 Å². The van der Waals surface area contributed by atoms with Gasteiger partial charge in [0, 0.05) is 52.6 Å². The van der Waals surface area contributed by atoms with Crippen LogP contribution in [0.2, 0.25) is 0 Å². The minimum Gasteiger partial charge on any atom is -0.393 e. The van der Waals surface area contributed by atoms with Gasteiger partial charge in [-0.3, -0.25) is 0 Å². The van der Waals surface area contributed by atoms with E-state index in [1.54, 1.807) is 42.5 Å². The number of fused-ring (bicyclic) bond motifs is 15. The summed E-state index contributed by atoms with van der Waals surface area (Å²) in [6.07, 6.45) is 26.9. The number of urea groups is 2. The molecule has 0 aliphatic heterocycles. The second kappa shape index (κ2) is 41.6. The van der Waals surface area contributed by atoms with E-state index in [-0.39, 0.29) is 150 Å². The number of aliphatic hydroxyl groups is 5. The Balaban J connectivity index is 0.000000191. The third-order valence-corrected chi connectivity index (χ3v) is 42.4. The van der Waals surface area contributed by atoms with Crippen molar-refractivity contribution in [3.63, 3.8) is 0 Å². The Kier molecular flexibility index (Phi) is 34.2. The number of nitrogens with two attached hydrogens (primary N) is 1. The van der Waals surface area contributed by atoms with Gasteiger partial charge in [-0.1, -0.05) is 214 Å². The molecule has 0 saturated heterocycles. The number of hydrogen-bond acceptors (Lipinski definition) is 15. The van der Waals surface area contributed by atoms with Gasteiger partial charge in [0.25, 0.3) is 20.0 Å². The van der Waals surface area contributed by atoms with Gasteiger partial charge in [0.15, 0.2) is 0 Å². The molecule has 0 spiro atoms. The Morgan fingerprint density at radius 1 is 0.450 bits per heavy atom. The fraction of sp³-hybridized carbons (Fsp3) is 0.802. The minimum absolute atomic E-state index is 0. The molecule has 12 fully saturated rings. The van der Waals surface area contributed by atoms with Crippen molar-refractivity contribution in [1.82, 2.24) is 20.1 Å². The molecule has 0 heterocycles. The Morgan fingerprint density at radius 3 is 1.05 bits per heavy atom. The maximum absolute atomic E-state index is 13.0. The van der Waals surface area contributed by atoms with Crippen molar-refractivity contribution < 1.29 is 96.3 Å². The molecule has 4 amide bonds. The summed E-state index contributed by atoms with van der Waals surface area (Å²) in [5.41, 5.74) is 3.48. The first kappa shape index (κ1) is 108. The van der Waals surface area contributed by atoms with Crippen LogP contribution in [0.3, 0.4) is 0 Å². The van der Waals surface area contributed by atoms with Crippen LogP contribution in [-0.4, -0.2) is 129 Å². The summed E-state index contributed by atoms with van der Waals surface area (Å²) in [6.45, 7) is 50.3. The van der Waals surface area contributed by atoms with Crippen molar-refractivity contribution in [2.24, 2.45) is 173 Å². The van der Waals surface area contributed by atoms with Crippen LogP contribution in [0, 0.1) is 194 Å². The summed E-state index contributed by atoms with van der Waals surface area (Å²) in [7, 11) is -7.82. The SMILES string of the molecule is CC(C)(C)c1cccc(S(N)(=O)=O)c1.CC[C@H]1[C@@H](O)[C@@H]2[C@H](CC[C@]3(C)[C@@H]([C@H](C)CN=C=O)CC[C@@H]23)[C@@]2(C)CC[C@@H](C)C[C@@H]12.CC[C@H]1[C@@H](O)[C@@H]2[C@H](CC[C@]3(C)[C@@H]([C@H](C)CNC(=O)NS(=O)(=O)c4cccc(C(C)(C)C)c4)CC[C@@H]23)[C@@]2(C)CC[C@@H](O)C[C@@H]12.CC[C@H]1[C@@H](O)[C@@H]2[C@H](CC[C@]3(C)[C@@H]([C@H](C)CNC(=O)NS(=O)(=O)c4cccc(C(C)(C)C)c4)CC[C@@H]23)[C@@]2(C)CC[C@@H](O)C[C@@H]12.[2H][B].[U]. The maximum atomic E-state index is 13.0. The van der Waals surface area contributed by atoms with Gasteiger partial charge in [-0.2, -0.15) is 0 Å². The number of isocyanates is 1. The summed E-state index contributed by atoms with van der Waals surface area (Å²) in [5.74, 6) is 9.64. The van der Waals surface area contributed by atoms with Crippen LogP contribution in [-0.2, 0) is 51.1 Å². The van der Waals surface area contributed by atoms with Crippen molar-refractivity contribution in [3.8, 4) is 0 Å². The topological polar surface area (TPSA) is 341 Å². The average molecular weight is 2100 g/mol. The zero-order chi connectivity index (χ0) is 97.0. The predicted molar refractivity (Wildman–Crippen MR) is 520 cm³/mol. The van der Waals surface area contributed by atoms with Gasteiger partial charge in [0.2, 0.25) is 16.1 Å². The van der Waals surface area contributed by atoms with Gasteiger partial charge in [-0.05, 0) is 362 Å². The summed E-state index contributed by atoms with van der Waals surface area (Å²) < 4.78 is 83.9. The molecule has 11 N–H and O–H groups in total. The number of aliphatic imine (C=N–C) groups is 1. The number of nitrogens with zero attached hydrogens (tertiary/aromatic N) is 1. The number of amides is 4. The third-order valence-electron chi connectivity index (χ3n) is 38.9. The molecule has 12 aliphatic carbocycles. The van der Waals surface area contributed by atoms with Gasteiger partial charge in [0.05, 0.1) is 51.8 Å². The number of hydrogen-bond donors (Lipinski definition) is 10. The molecule has 2 radical (unpaired) electrons. The van der Waals surface area contributed by atoms with Crippen LogP contribution in [0.1, 0.15) is 323 Å². The molecule has 20 nitrogen and oxygen atoms in total. The number of benzene rings is 3. The standard InChI is InChI=1S/2C35H56N2O5S.C26H43NO2.C10H15NO2S.BH.U/c2*1-8-25-29-19-23(38)14-16-35(29,7)28-15-17-34(6)26(12-13-27(34)30(28)31(25)39)21(2)20-36-32(40)37-43(41,42)24-11-9-10-22(18-24)33(3,4)5;1-6-18-22-13-16(2)9-11-26(22,5)21-10-12-25(4)19(17(3)14-27-15-28)7-8-20(25)23(21)24(18)29;1-10(2,3)8-5-4-6-9(7-8)14(11,12)13;;/h2*9-11,18,21,23,25-31,38-39H,8,12-17,19-20H2,1-7H3,(H2,36,37,40);16-24,29H,6-14H2,1-5H3;4-7H,1-3H3,(H2,11,12,13);1H;/t2*21-,23-,25-,26-,27+,28+,29+,30+,31-,34-,35-;16-,17-,18-,19-,20+,21+,22+,23+,24-,25-,26-;;;/m111.../s1/i;;;;1D;. The molecule has 0 aromatic heterocycles. The quantitative estimate of drug-likeness (QED) is 0.0341. The van der Waals surface area contributed by atoms with Crippen LogP contribution in [0.25, 0.3) is 0 Å². The number of carbonyl (C=O) groups is 2. The number of rotatable bonds is 17. The van der Waals surface area contributed by atoms with E-state index in [2.05, 4.69) is 123 Å². The number of sulfonamides is 3. The molecule has 734 valence electrons. The molecule has 0 bridgehead atoms. The Labute approximate surface area is 817 Å². The van der Waals surface area contributed by atoms with Crippen molar-refractivity contribution in [2.45, 2.75) is 368 Å². The van der Waals surface area contributed by atoms with Crippen LogP contribution in [0.15, 0.2) is 92.5 Å². The number of nitrogens with one attached hydrogen (secondary N) is 4. The molecule has 12 saturated carbocycles. The molecule has 12 aliphatic rings. The van der Waals surface area contributed by atoms with E-state index >= 15 is 0 Å². The zero-order valence-electron chi connectivity index (χ0n) is 84.8. The Morgan fingerprint density at radius 2 is 0.740 bits per heavy atom. The second-order valence-corrected chi connectivity index (χ2v) is 53.6. The van der Waals surface area contributed by atoms with Crippen LogP contribution >= 0.6 is 0 Å². The van der Waals surface area contributed by atoms with Gasteiger partial charge < -0.3 is 36.2 Å². The first-order chi connectivity index (χ1) is 61.0. The zero-order valence-corrected chi connectivity index (χ0v) is 90.5. The molecule has 33 atom stereocenters. The monoisotopic (exact) mass is 2100 g/mol. The first-order valence-corrected chi connectivity index (χ1v) is 54.9. The summed E-state index contributed by atoms with van der Waals surface area (Å²) in [5, 5.41) is 67.5. The van der Waals surface area contributed by atoms with Crippen molar-refractivity contribution in [3.05, 3.63) is 89.5 Å². The third kappa shape index (κ3) is 21.8. The molecule has 0 unspecified atom stereocenters. The van der Waals surface area contributed by atoms with E-state index in [0.717, 1.165) is 132 Å². The number of aliphatic hydroxyl groups excluding tert-OH is 5. The minimum atomic E-state index is -3.99. The largest absolute Gasteiger partial charge is 0.393 e. The van der Waals surface area contributed by atoms with Crippen molar-refractivity contribution in [1.29, 1.82) is 1.34 Å². The molecule has 3 aromatic carbocycles. The summed E-state index contributed by atoms with van der Waals surface area (Å²) >= 11 is 0. The molecule has 15 rings (SSSR count). The van der Waals surface area contributed by atoms with E-state index in [1.165, 1.54) is 63.1 Å². The van der Waals surface area contributed by atoms with Gasteiger partial charge in [0.1, 0.15) is 0 Å². The Bertz CT molecular complexity index is 4640. The summed E-state index contributed by atoms with van der Waals surface area (Å²) in [6, 6.07) is 18.9. The first-order valence-electron chi connectivity index (χ1n) is 51.0. The fourth-order valence-corrected chi connectivity index (χ4v) is 34.5. The number of carbonyl (C=O) groups excluding carboxylic acids is 3. The van der Waals surface area contributed by atoms with E-state index < -0.39 is 42.1 Å². The fourth-order valence-electron chi connectivity index (χ4n) is 32.0. The van der Waals surface area contributed by atoms with E-state index in [0.29, 0.717) is 119 Å². The van der Waals surface area contributed by atoms with E-state index in [1.807, 2.05) is 80.5 Å². The van der Waals surface area contributed by atoms with Gasteiger partial charge >= 0.3 is 12.1 Å². The smallest absolute Gasteiger partial charge is 0.328 e. The van der Waals surface area contributed by atoms with Crippen LogP contribution < -0.4 is 25.2 Å². The van der Waals surface area contributed by atoms with E-state index in [4.69, 9.17) is 6.47 Å². The normalized spacial score (nSPS) is 39.4. The maximum Gasteiger partial charge on any atom is 0.328 e.